The molecule has 0 amide bonds. The Hall–Kier alpha value is -3.18. The molecule has 0 fully saturated rings. The number of ketones is 2. The number of hydrogen-bond acceptors (Lipinski definition) is 4. The quantitative estimate of drug-likeness (QED) is 0.247. The van der Waals surface area contributed by atoms with Crippen molar-refractivity contribution in [2.75, 3.05) is 12.4 Å². The number of ether oxygens (including phenoxy) is 1. The maximum atomic E-state index is 12.5. The zero-order chi connectivity index (χ0) is 19.8. The molecule has 0 aromatic heterocycles. The number of carbonyl (C=O) groups is 2. The van der Waals surface area contributed by atoms with E-state index in [1.165, 1.54) is 11.8 Å². The van der Waals surface area contributed by atoms with Gasteiger partial charge in [-0.25, -0.2) is 4.79 Å². The maximum Gasteiger partial charge on any atom is 0.339 e. The first kappa shape index (κ1) is 19.6. The lowest BCUT2D eigenvalue weighted by Crippen LogP contribution is -2.15. The third-order valence-corrected chi connectivity index (χ3v) is 5.09. The van der Waals surface area contributed by atoms with Gasteiger partial charge in [0.2, 0.25) is 0 Å². The molecule has 140 valence electrons. The number of esters is 1. The van der Waals surface area contributed by atoms with Crippen molar-refractivity contribution in [2.24, 2.45) is 0 Å². The van der Waals surface area contributed by atoms with E-state index in [4.69, 9.17) is 4.74 Å². The van der Waals surface area contributed by atoms with E-state index in [9.17, 15) is 14.4 Å². The predicted molar refractivity (Wildman–Crippen MR) is 111 cm³/mol. The van der Waals surface area contributed by atoms with Crippen LogP contribution in [0.15, 0.2) is 89.8 Å². The van der Waals surface area contributed by atoms with Crippen LogP contribution in [0.2, 0.25) is 0 Å². The fraction of sp³-hybridized carbons (Fsp3) is 0.0870. The molecule has 0 saturated carbocycles. The first-order chi connectivity index (χ1) is 13.6. The van der Waals surface area contributed by atoms with Crippen LogP contribution >= 0.6 is 11.8 Å². The number of benzene rings is 3. The Morgan fingerprint density at radius 3 is 2.04 bits per heavy atom. The van der Waals surface area contributed by atoms with Crippen molar-refractivity contribution in [1.29, 1.82) is 0 Å². The lowest BCUT2D eigenvalue weighted by molar-refractivity contribution is 0.0471. The summed E-state index contributed by atoms with van der Waals surface area (Å²) in [7, 11) is 0. The van der Waals surface area contributed by atoms with Crippen LogP contribution in [0.1, 0.15) is 26.3 Å². The summed E-state index contributed by atoms with van der Waals surface area (Å²) in [5.74, 6) is -0.272. The lowest BCUT2D eigenvalue weighted by Gasteiger charge is -2.08. The summed E-state index contributed by atoms with van der Waals surface area (Å²) < 4.78 is 5.21. The van der Waals surface area contributed by atoms with Crippen LogP contribution in [-0.4, -0.2) is 34.7 Å². The highest BCUT2D eigenvalue weighted by Crippen LogP contribution is 2.24. The van der Waals surface area contributed by atoms with E-state index in [1.54, 1.807) is 42.5 Å². The summed E-state index contributed by atoms with van der Waals surface area (Å²) in [4.78, 5) is 35.5. The number of Topliss-reactive ketones (excluding diaryl/α,β-unsaturated/α-hetero) is 1. The molecule has 0 aliphatic carbocycles. The van der Waals surface area contributed by atoms with Crippen molar-refractivity contribution in [1.82, 2.24) is 0 Å². The molecule has 0 radical (unpaired) electrons. The van der Waals surface area contributed by atoms with Crippen LogP contribution in [0.25, 0.3) is 0 Å². The van der Waals surface area contributed by atoms with Gasteiger partial charge in [-0.15, -0.1) is 11.8 Å². The zero-order valence-electron chi connectivity index (χ0n) is 15.1. The van der Waals surface area contributed by atoms with Crippen LogP contribution < -0.4 is 0 Å². The second kappa shape index (κ2) is 9.67. The van der Waals surface area contributed by atoms with E-state index in [1.807, 2.05) is 42.5 Å². The highest BCUT2D eigenvalue weighted by atomic mass is 32.2. The van der Waals surface area contributed by atoms with E-state index in [-0.39, 0.29) is 18.2 Å². The summed E-state index contributed by atoms with van der Waals surface area (Å²) in [6.07, 6.45) is 0. The molecule has 0 heterocycles. The molecular weight excluding hydrogens is 372 g/mol. The van der Waals surface area contributed by atoms with Crippen LogP contribution in [0.5, 0.6) is 0 Å². The Morgan fingerprint density at radius 2 is 1.36 bits per heavy atom. The van der Waals surface area contributed by atoms with E-state index < -0.39 is 5.97 Å². The van der Waals surface area contributed by atoms with Crippen LogP contribution in [-0.2, 0) is 4.74 Å². The molecular formula is C23H19O4S+. The van der Waals surface area contributed by atoms with Crippen molar-refractivity contribution in [3.8, 4) is 0 Å². The number of thioether (sulfide) groups is 1. The summed E-state index contributed by atoms with van der Waals surface area (Å²) in [6.45, 7) is -0.316. The summed E-state index contributed by atoms with van der Waals surface area (Å²) in [5, 5.41) is 0. The summed E-state index contributed by atoms with van der Waals surface area (Å²) in [6, 6.07) is 24.9. The van der Waals surface area contributed by atoms with Gasteiger partial charge < -0.3 is 4.74 Å². The Bertz CT molecular complexity index is 968. The van der Waals surface area contributed by atoms with E-state index >= 15 is 0 Å². The standard InChI is InChI=1S/C23H18O4S/c24-20(17-9-3-1-4-10-17)15-27-23(26)19-13-7-8-14-22(19)28-16-21(25)18-11-5-2-6-12-18/h1-14H,15-16H2/p+1. The second-order valence-corrected chi connectivity index (χ2v) is 6.98. The van der Waals surface area contributed by atoms with Gasteiger partial charge in [0.05, 0.1) is 11.1 Å². The molecule has 3 aromatic rings. The Morgan fingerprint density at radius 1 is 0.786 bits per heavy atom. The van der Waals surface area contributed by atoms with Crippen LogP contribution in [0, 0.1) is 0 Å². The van der Waals surface area contributed by atoms with E-state index in [0.29, 0.717) is 21.8 Å². The van der Waals surface area contributed by atoms with Crippen molar-refractivity contribution in [2.45, 2.75) is 4.90 Å². The van der Waals surface area contributed by atoms with Crippen molar-refractivity contribution in [3.63, 3.8) is 0 Å². The first-order valence-corrected chi connectivity index (χ1v) is 9.71. The van der Waals surface area contributed by atoms with Gasteiger partial charge in [-0.3, -0.25) is 9.59 Å². The summed E-state index contributed by atoms with van der Waals surface area (Å²) in [5.41, 5.74) is 1.61. The molecule has 1 N–H and O–H groups in total. The minimum atomic E-state index is -0.563. The average molecular weight is 391 g/mol. The fourth-order valence-corrected chi connectivity index (χ4v) is 3.48. The minimum absolute atomic E-state index is 0.230. The van der Waals surface area contributed by atoms with Gasteiger partial charge in [-0.1, -0.05) is 60.7 Å². The van der Waals surface area contributed by atoms with Gasteiger partial charge >= 0.3 is 11.8 Å². The zero-order valence-corrected chi connectivity index (χ0v) is 15.9. The molecule has 0 saturated heterocycles. The molecule has 4 nitrogen and oxygen atoms in total. The highest BCUT2D eigenvalue weighted by Gasteiger charge is 2.18. The van der Waals surface area contributed by atoms with Crippen molar-refractivity contribution < 1.29 is 19.1 Å². The van der Waals surface area contributed by atoms with Gasteiger partial charge in [0.15, 0.2) is 12.4 Å². The lowest BCUT2D eigenvalue weighted by atomic mass is 10.1. The van der Waals surface area contributed by atoms with Crippen LogP contribution in [0.3, 0.4) is 0 Å². The van der Waals surface area contributed by atoms with Crippen LogP contribution in [0.4, 0.5) is 0 Å². The van der Waals surface area contributed by atoms with Crippen molar-refractivity contribution >= 4 is 29.3 Å². The molecule has 3 aromatic carbocycles. The third kappa shape index (κ3) is 5.18. The topological polar surface area (TPSA) is 64.8 Å². The molecule has 28 heavy (non-hydrogen) atoms. The fourth-order valence-electron chi connectivity index (χ4n) is 2.54. The molecule has 0 bridgehead atoms. The molecule has 5 heteroatoms. The Balaban J connectivity index is 1.62. The van der Waals surface area contributed by atoms with Crippen molar-refractivity contribution in [3.05, 3.63) is 102 Å². The molecule has 0 spiro atoms. The number of rotatable bonds is 8. The van der Waals surface area contributed by atoms with Gasteiger partial charge in [-0.2, -0.15) is 0 Å². The normalized spacial score (nSPS) is 10.3. The molecule has 0 aliphatic rings. The maximum absolute atomic E-state index is 12.5. The Kier molecular flexibility index (Phi) is 6.76. The number of hydrogen-bond donors (Lipinski definition) is 0. The van der Waals surface area contributed by atoms with E-state index in [2.05, 4.69) is 0 Å². The molecule has 0 atom stereocenters. The van der Waals surface area contributed by atoms with Gasteiger partial charge in [0.1, 0.15) is 5.75 Å². The first-order valence-electron chi connectivity index (χ1n) is 8.72. The average Bonchev–Trinajstić information content (AvgIpc) is 2.77. The highest BCUT2D eigenvalue weighted by molar-refractivity contribution is 8.00. The predicted octanol–water partition coefficient (Wildman–Crippen LogP) is 4.41. The second-order valence-electron chi connectivity index (χ2n) is 5.96. The van der Waals surface area contributed by atoms with Gasteiger partial charge in [0, 0.05) is 10.5 Å². The van der Waals surface area contributed by atoms with Gasteiger partial charge in [-0.05, 0) is 24.3 Å². The SMILES string of the molecule is O=C(COC(=O)c1ccccc1SCC(=[OH+])c1ccccc1)c1ccccc1. The number of carbonyl (C=O) groups excluding carboxylic acids is 3. The Labute approximate surface area is 167 Å². The molecule has 0 unspecified atom stereocenters. The smallest absolute Gasteiger partial charge is 0.339 e. The van der Waals surface area contributed by atoms with Gasteiger partial charge in [0.25, 0.3) is 0 Å². The third-order valence-electron chi connectivity index (χ3n) is 4.01. The monoisotopic (exact) mass is 391 g/mol. The molecule has 0 aliphatic heterocycles. The largest absolute Gasteiger partial charge is 0.454 e. The molecule has 3 rings (SSSR count). The summed E-state index contributed by atoms with van der Waals surface area (Å²) >= 11 is 1.34. The van der Waals surface area contributed by atoms with E-state index in [0.717, 1.165) is 5.56 Å². The minimum Gasteiger partial charge on any atom is -0.454 e.